The van der Waals surface area contributed by atoms with Crippen LogP contribution in [0.3, 0.4) is 0 Å². The molecule has 0 aliphatic carbocycles. The lowest BCUT2D eigenvalue weighted by molar-refractivity contribution is -0.140. The van der Waals surface area contributed by atoms with Crippen molar-refractivity contribution in [2.24, 2.45) is 0 Å². The molecule has 0 fully saturated rings. The summed E-state index contributed by atoms with van der Waals surface area (Å²) < 4.78 is 30.4. The van der Waals surface area contributed by atoms with Crippen molar-refractivity contribution in [3.05, 3.63) is 29.3 Å². The molecule has 1 aromatic rings. The number of sulfonamides is 1. The highest BCUT2D eigenvalue weighted by molar-refractivity contribution is 7.89. The summed E-state index contributed by atoms with van der Waals surface area (Å²) in [6.07, 6.45) is 0.594. The first-order valence-corrected chi connectivity index (χ1v) is 7.56. The van der Waals surface area contributed by atoms with Crippen LogP contribution >= 0.6 is 11.6 Å². The smallest absolute Gasteiger partial charge is 0.321 e. The van der Waals surface area contributed by atoms with E-state index in [-0.39, 0.29) is 18.0 Å². The fraction of sp³-hybridized carbons (Fsp3) is 0.417. The van der Waals surface area contributed by atoms with Crippen LogP contribution in [-0.4, -0.2) is 38.9 Å². The molecule has 0 saturated carbocycles. The Morgan fingerprint density at radius 1 is 1.42 bits per heavy atom. The highest BCUT2D eigenvalue weighted by atomic mass is 35.5. The van der Waals surface area contributed by atoms with Crippen LogP contribution in [0.1, 0.15) is 13.3 Å². The van der Waals surface area contributed by atoms with Gasteiger partial charge < -0.3 is 4.74 Å². The average molecular weight is 306 g/mol. The molecule has 0 heterocycles. The lowest BCUT2D eigenvalue weighted by Crippen LogP contribution is -2.36. The van der Waals surface area contributed by atoms with Gasteiger partial charge in [-0.05, 0) is 24.6 Å². The molecule has 0 bridgehead atoms. The van der Waals surface area contributed by atoms with Crippen LogP contribution in [0.15, 0.2) is 29.2 Å². The summed E-state index contributed by atoms with van der Waals surface area (Å²) in [4.78, 5) is 11.4. The van der Waals surface area contributed by atoms with Crippen LogP contribution in [0.25, 0.3) is 0 Å². The topological polar surface area (TPSA) is 63.7 Å². The number of hydrogen-bond acceptors (Lipinski definition) is 4. The minimum atomic E-state index is -3.74. The SMILES string of the molecule is CCCN(CC(=O)OC)S(=O)(=O)c1cccc(Cl)c1. The molecular formula is C12H16ClNO4S. The van der Waals surface area contributed by atoms with Gasteiger partial charge in [0.25, 0.3) is 0 Å². The summed E-state index contributed by atoms with van der Waals surface area (Å²) in [7, 11) is -2.52. The maximum atomic E-state index is 12.4. The molecule has 19 heavy (non-hydrogen) atoms. The lowest BCUT2D eigenvalue weighted by Gasteiger charge is -2.20. The molecule has 5 nitrogen and oxygen atoms in total. The van der Waals surface area contributed by atoms with Gasteiger partial charge in [0.2, 0.25) is 10.0 Å². The monoisotopic (exact) mass is 305 g/mol. The number of methoxy groups -OCH3 is 1. The standard InChI is InChI=1S/C12H16ClNO4S/c1-3-7-14(9-12(15)18-2)19(16,17)11-6-4-5-10(13)8-11/h4-6,8H,3,7,9H2,1-2H3. The zero-order valence-corrected chi connectivity index (χ0v) is 12.4. The maximum Gasteiger partial charge on any atom is 0.321 e. The predicted octanol–water partition coefficient (Wildman–Crippen LogP) is 1.91. The normalized spacial score (nSPS) is 11.6. The number of esters is 1. The number of rotatable bonds is 6. The number of nitrogens with zero attached hydrogens (tertiary/aromatic N) is 1. The number of benzene rings is 1. The Kier molecular flexibility index (Phi) is 5.78. The first kappa shape index (κ1) is 15.9. The molecule has 0 amide bonds. The molecule has 0 N–H and O–H groups in total. The van der Waals surface area contributed by atoms with Crippen LogP contribution in [0.5, 0.6) is 0 Å². The van der Waals surface area contributed by atoms with Gasteiger partial charge in [-0.25, -0.2) is 8.42 Å². The van der Waals surface area contributed by atoms with E-state index in [9.17, 15) is 13.2 Å². The summed E-state index contributed by atoms with van der Waals surface area (Å²) in [5.41, 5.74) is 0. The summed E-state index contributed by atoms with van der Waals surface area (Å²) >= 11 is 5.79. The van der Waals surface area contributed by atoms with Crippen LogP contribution < -0.4 is 0 Å². The Hall–Kier alpha value is -1.11. The summed E-state index contributed by atoms with van der Waals surface area (Å²) in [5.74, 6) is -0.598. The molecule has 1 aromatic carbocycles. The molecule has 0 saturated heterocycles. The summed E-state index contributed by atoms with van der Waals surface area (Å²) in [6.45, 7) is 1.76. The Balaban J connectivity index is 3.09. The van der Waals surface area contributed by atoms with E-state index in [1.807, 2.05) is 6.92 Å². The Morgan fingerprint density at radius 2 is 2.11 bits per heavy atom. The van der Waals surface area contributed by atoms with E-state index in [2.05, 4.69) is 4.74 Å². The van der Waals surface area contributed by atoms with Gasteiger partial charge in [0, 0.05) is 11.6 Å². The third kappa shape index (κ3) is 4.19. The second kappa shape index (κ2) is 6.88. The van der Waals surface area contributed by atoms with E-state index in [1.165, 1.54) is 19.2 Å². The first-order valence-electron chi connectivity index (χ1n) is 5.74. The summed E-state index contributed by atoms with van der Waals surface area (Å²) in [6, 6.07) is 5.94. The summed E-state index contributed by atoms with van der Waals surface area (Å²) in [5, 5.41) is 0.329. The Morgan fingerprint density at radius 3 is 2.63 bits per heavy atom. The predicted molar refractivity (Wildman–Crippen MR) is 72.5 cm³/mol. The van der Waals surface area contributed by atoms with Crippen molar-refractivity contribution in [2.45, 2.75) is 18.2 Å². The third-order valence-corrected chi connectivity index (χ3v) is 4.52. The van der Waals surface area contributed by atoms with Gasteiger partial charge >= 0.3 is 5.97 Å². The van der Waals surface area contributed by atoms with Crippen molar-refractivity contribution in [3.8, 4) is 0 Å². The van der Waals surface area contributed by atoms with Gasteiger partial charge in [0.15, 0.2) is 0 Å². The molecule has 0 unspecified atom stereocenters. The van der Waals surface area contributed by atoms with Crippen molar-refractivity contribution >= 4 is 27.6 Å². The first-order chi connectivity index (χ1) is 8.91. The number of carbonyl (C=O) groups is 1. The van der Waals surface area contributed by atoms with Crippen molar-refractivity contribution < 1.29 is 17.9 Å². The van der Waals surface area contributed by atoms with Crippen molar-refractivity contribution in [1.29, 1.82) is 0 Å². The molecule has 0 aromatic heterocycles. The van der Waals surface area contributed by atoms with E-state index in [4.69, 9.17) is 11.6 Å². The maximum absolute atomic E-state index is 12.4. The minimum absolute atomic E-state index is 0.0670. The minimum Gasteiger partial charge on any atom is -0.468 e. The number of halogens is 1. The molecule has 0 spiro atoms. The molecule has 106 valence electrons. The number of hydrogen-bond donors (Lipinski definition) is 0. The molecule has 0 aliphatic heterocycles. The lowest BCUT2D eigenvalue weighted by atomic mass is 10.4. The Bertz CT molecular complexity index is 544. The van der Waals surface area contributed by atoms with Gasteiger partial charge in [-0.15, -0.1) is 0 Å². The molecular weight excluding hydrogens is 290 g/mol. The van der Waals surface area contributed by atoms with Crippen molar-refractivity contribution in [1.82, 2.24) is 4.31 Å². The molecule has 0 atom stereocenters. The molecule has 1 rings (SSSR count). The number of carbonyl (C=O) groups excluding carboxylic acids is 1. The second-order valence-electron chi connectivity index (χ2n) is 3.87. The van der Waals surface area contributed by atoms with Crippen LogP contribution in [0.2, 0.25) is 5.02 Å². The van der Waals surface area contributed by atoms with Crippen LogP contribution in [-0.2, 0) is 19.6 Å². The van der Waals surface area contributed by atoms with Gasteiger partial charge in [0.1, 0.15) is 6.54 Å². The van der Waals surface area contributed by atoms with Gasteiger partial charge in [0.05, 0.1) is 12.0 Å². The zero-order chi connectivity index (χ0) is 14.5. The van der Waals surface area contributed by atoms with E-state index in [0.29, 0.717) is 11.4 Å². The average Bonchev–Trinajstić information content (AvgIpc) is 2.38. The largest absolute Gasteiger partial charge is 0.468 e. The highest BCUT2D eigenvalue weighted by Gasteiger charge is 2.26. The fourth-order valence-electron chi connectivity index (χ4n) is 1.52. The van der Waals surface area contributed by atoms with Gasteiger partial charge in [-0.2, -0.15) is 4.31 Å². The van der Waals surface area contributed by atoms with Crippen molar-refractivity contribution in [3.63, 3.8) is 0 Å². The van der Waals surface area contributed by atoms with E-state index in [0.717, 1.165) is 4.31 Å². The number of ether oxygens (including phenoxy) is 1. The molecule has 0 aliphatic rings. The Labute approximate surface area is 118 Å². The van der Waals surface area contributed by atoms with E-state index < -0.39 is 16.0 Å². The highest BCUT2D eigenvalue weighted by Crippen LogP contribution is 2.19. The quantitative estimate of drug-likeness (QED) is 0.753. The fourth-order valence-corrected chi connectivity index (χ4v) is 3.30. The second-order valence-corrected chi connectivity index (χ2v) is 6.25. The van der Waals surface area contributed by atoms with Crippen LogP contribution in [0, 0.1) is 0 Å². The van der Waals surface area contributed by atoms with E-state index >= 15 is 0 Å². The zero-order valence-electron chi connectivity index (χ0n) is 10.8. The third-order valence-electron chi connectivity index (χ3n) is 2.44. The van der Waals surface area contributed by atoms with Gasteiger partial charge in [-0.1, -0.05) is 24.6 Å². The molecule has 0 radical (unpaired) electrons. The van der Waals surface area contributed by atoms with Crippen molar-refractivity contribution in [2.75, 3.05) is 20.2 Å². The molecule has 7 heteroatoms. The van der Waals surface area contributed by atoms with Crippen LogP contribution in [0.4, 0.5) is 0 Å². The van der Waals surface area contributed by atoms with E-state index in [1.54, 1.807) is 12.1 Å². The van der Waals surface area contributed by atoms with Gasteiger partial charge in [-0.3, -0.25) is 4.79 Å².